The highest BCUT2D eigenvalue weighted by Crippen LogP contribution is 2.31. The molecule has 1 heterocycles. The zero-order chi connectivity index (χ0) is 27.3. The number of anilines is 2. The van der Waals surface area contributed by atoms with Gasteiger partial charge in [0.25, 0.3) is 0 Å². The number of benzene rings is 2. The number of ether oxygens (including phenoxy) is 1. The van der Waals surface area contributed by atoms with Gasteiger partial charge in [0, 0.05) is 24.5 Å². The van der Waals surface area contributed by atoms with Crippen LogP contribution in [0.25, 0.3) is 10.9 Å². The first-order valence-electron chi connectivity index (χ1n) is 12.6. The minimum Gasteiger partial charge on any atom is -0.404 e. The number of hydrogen-bond acceptors (Lipinski definition) is 7. The Kier molecular flexibility index (Phi) is 8.61. The number of rotatable bonds is 10. The second-order valence-electron chi connectivity index (χ2n) is 9.83. The van der Waals surface area contributed by atoms with Crippen LogP contribution < -0.4 is 20.1 Å². The van der Waals surface area contributed by atoms with Gasteiger partial charge in [-0.25, -0.2) is 18.1 Å². The van der Waals surface area contributed by atoms with Crippen LogP contribution in [0.5, 0.6) is 5.75 Å². The van der Waals surface area contributed by atoms with Crippen molar-refractivity contribution in [2.24, 2.45) is 11.8 Å². The van der Waals surface area contributed by atoms with Crippen molar-refractivity contribution < 1.29 is 26.3 Å². The molecule has 0 bridgehead atoms. The van der Waals surface area contributed by atoms with Gasteiger partial charge in [-0.3, -0.25) is 0 Å². The van der Waals surface area contributed by atoms with Crippen molar-refractivity contribution in [1.82, 2.24) is 14.7 Å². The van der Waals surface area contributed by atoms with E-state index in [9.17, 15) is 21.6 Å². The highest BCUT2D eigenvalue weighted by Gasteiger charge is 2.34. The summed E-state index contributed by atoms with van der Waals surface area (Å²) in [4.78, 5) is 8.77. The minimum atomic E-state index is -4.98. The topological polar surface area (TPSA) is 105 Å². The third kappa shape index (κ3) is 7.47. The Hall–Kier alpha value is -3.12. The Labute approximate surface area is 220 Å². The van der Waals surface area contributed by atoms with Crippen molar-refractivity contribution in [3.05, 3.63) is 48.5 Å². The molecule has 0 radical (unpaired) electrons. The van der Waals surface area contributed by atoms with Gasteiger partial charge in [-0.15, -0.1) is 13.2 Å². The van der Waals surface area contributed by atoms with E-state index in [4.69, 9.17) is 0 Å². The van der Waals surface area contributed by atoms with Crippen LogP contribution in [-0.2, 0) is 10.0 Å². The average Bonchev–Trinajstić information content (AvgIpc) is 2.86. The highest BCUT2D eigenvalue weighted by molar-refractivity contribution is 7.89. The number of hydrogen-bond donors (Lipinski definition) is 3. The number of fused-ring (bicyclic) bond motifs is 1. The van der Waals surface area contributed by atoms with Crippen molar-refractivity contribution >= 4 is 32.7 Å². The van der Waals surface area contributed by atoms with Crippen LogP contribution in [0.1, 0.15) is 39.5 Å². The molecule has 1 aliphatic rings. The lowest BCUT2D eigenvalue weighted by Crippen LogP contribution is -2.33. The molecule has 38 heavy (non-hydrogen) atoms. The van der Waals surface area contributed by atoms with Crippen LogP contribution in [0.4, 0.5) is 24.9 Å². The van der Waals surface area contributed by atoms with Crippen LogP contribution in [0.3, 0.4) is 0 Å². The third-order valence-electron chi connectivity index (χ3n) is 6.47. The standard InChI is InChI=1S/C26H32F3N5O3S/c1-17(2)32-24-20-7-3-4-8-21(20)33-25(34-24)30-15-18-11-13-19(14-12-18)16-31-38(35,36)23-10-6-5-9-22(23)37-26(27,28)29/h3-10,17-19,31H,11-16H2,1-2H3,(H2,30,32,33,34). The SMILES string of the molecule is CC(C)Nc1nc(NCC2CCC(CNS(=O)(=O)c3ccccc3OC(F)(F)F)CC2)nc2ccccc12. The molecule has 4 rings (SSSR count). The fourth-order valence-corrected chi connectivity index (χ4v) is 5.84. The molecule has 0 unspecified atom stereocenters. The molecule has 3 N–H and O–H groups in total. The summed E-state index contributed by atoms with van der Waals surface area (Å²) in [5.74, 6) is 1.06. The van der Waals surface area contributed by atoms with Gasteiger partial charge >= 0.3 is 6.36 Å². The Morgan fingerprint density at radius 3 is 2.26 bits per heavy atom. The lowest BCUT2D eigenvalue weighted by Gasteiger charge is -2.29. The van der Waals surface area contributed by atoms with Gasteiger partial charge in [0.05, 0.1) is 5.52 Å². The van der Waals surface area contributed by atoms with E-state index in [0.29, 0.717) is 18.4 Å². The first-order valence-corrected chi connectivity index (χ1v) is 14.1. The number of sulfonamides is 1. The van der Waals surface area contributed by atoms with Crippen LogP contribution in [-0.4, -0.2) is 43.9 Å². The summed E-state index contributed by atoms with van der Waals surface area (Å²) in [6.45, 7) is 4.95. The van der Waals surface area contributed by atoms with Gasteiger partial charge in [-0.05, 0) is 75.6 Å². The first-order chi connectivity index (χ1) is 18.0. The van der Waals surface area contributed by atoms with Gasteiger partial charge in [0.1, 0.15) is 16.5 Å². The monoisotopic (exact) mass is 551 g/mol. The molecule has 8 nitrogen and oxygen atoms in total. The van der Waals surface area contributed by atoms with E-state index >= 15 is 0 Å². The maximum absolute atomic E-state index is 12.7. The summed E-state index contributed by atoms with van der Waals surface area (Å²) in [6, 6.07) is 12.8. The fraction of sp³-hybridized carbons (Fsp3) is 0.462. The molecule has 1 saturated carbocycles. The van der Waals surface area contributed by atoms with E-state index < -0.39 is 27.0 Å². The second kappa shape index (κ2) is 11.7. The summed E-state index contributed by atoms with van der Waals surface area (Å²) in [6.07, 6.45) is -1.61. The molecule has 12 heteroatoms. The molecule has 0 spiro atoms. The maximum Gasteiger partial charge on any atom is 0.573 e. The largest absolute Gasteiger partial charge is 0.573 e. The first kappa shape index (κ1) is 27.9. The Morgan fingerprint density at radius 2 is 1.58 bits per heavy atom. The number of aromatic nitrogens is 2. The molecule has 1 aliphatic carbocycles. The summed E-state index contributed by atoms with van der Waals surface area (Å²) >= 11 is 0. The summed E-state index contributed by atoms with van der Waals surface area (Å²) in [7, 11) is -4.16. The van der Waals surface area contributed by atoms with Crippen molar-refractivity contribution in [1.29, 1.82) is 0 Å². The van der Waals surface area contributed by atoms with E-state index in [0.717, 1.165) is 54.5 Å². The fourth-order valence-electron chi connectivity index (χ4n) is 4.60. The Morgan fingerprint density at radius 1 is 0.947 bits per heavy atom. The van der Waals surface area contributed by atoms with E-state index in [1.54, 1.807) is 0 Å². The smallest absolute Gasteiger partial charge is 0.404 e. The van der Waals surface area contributed by atoms with Crippen LogP contribution in [0.15, 0.2) is 53.4 Å². The predicted octanol–water partition coefficient (Wildman–Crippen LogP) is 5.55. The molecule has 0 amide bonds. The molecule has 0 saturated heterocycles. The normalized spacial score (nSPS) is 18.5. The summed E-state index contributed by atoms with van der Waals surface area (Å²) in [5, 5.41) is 7.69. The second-order valence-corrected chi connectivity index (χ2v) is 11.6. The van der Waals surface area contributed by atoms with Crippen molar-refractivity contribution in [2.45, 2.75) is 56.8 Å². The average molecular weight is 552 g/mol. The number of nitrogens with one attached hydrogen (secondary N) is 3. The van der Waals surface area contributed by atoms with Crippen molar-refractivity contribution in [2.75, 3.05) is 23.7 Å². The quantitative estimate of drug-likeness (QED) is 0.304. The molecular formula is C26H32F3N5O3S. The van der Waals surface area contributed by atoms with Crippen molar-refractivity contribution in [3.8, 4) is 5.75 Å². The van der Waals surface area contributed by atoms with Gasteiger partial charge in [-0.2, -0.15) is 4.98 Å². The summed E-state index contributed by atoms with van der Waals surface area (Å²) in [5.41, 5.74) is 0.853. The molecule has 3 aromatic rings. The van der Waals surface area contributed by atoms with Gasteiger partial charge < -0.3 is 15.4 Å². The minimum absolute atomic E-state index is 0.0930. The zero-order valence-corrected chi connectivity index (χ0v) is 22.1. The van der Waals surface area contributed by atoms with E-state index in [1.807, 2.05) is 24.3 Å². The van der Waals surface area contributed by atoms with Crippen LogP contribution >= 0.6 is 0 Å². The van der Waals surface area contributed by atoms with Crippen LogP contribution in [0.2, 0.25) is 0 Å². The molecule has 2 aromatic carbocycles. The zero-order valence-electron chi connectivity index (χ0n) is 21.3. The molecule has 206 valence electrons. The Balaban J connectivity index is 1.30. The van der Waals surface area contributed by atoms with E-state index in [1.165, 1.54) is 12.1 Å². The molecule has 0 aliphatic heterocycles. The van der Waals surface area contributed by atoms with E-state index in [2.05, 4.69) is 43.9 Å². The molecular weight excluding hydrogens is 519 g/mol. The highest BCUT2D eigenvalue weighted by atomic mass is 32.2. The Bertz CT molecular complexity index is 1340. The maximum atomic E-state index is 12.7. The summed E-state index contributed by atoms with van der Waals surface area (Å²) < 4.78 is 69.8. The van der Waals surface area contributed by atoms with Gasteiger partial charge in [0.15, 0.2) is 0 Å². The lowest BCUT2D eigenvalue weighted by atomic mass is 9.82. The molecule has 0 atom stereocenters. The van der Waals surface area contributed by atoms with Gasteiger partial charge in [-0.1, -0.05) is 24.3 Å². The van der Waals surface area contributed by atoms with Gasteiger partial charge in [0.2, 0.25) is 16.0 Å². The number of halogens is 3. The van der Waals surface area contributed by atoms with E-state index in [-0.39, 0.29) is 18.5 Å². The molecule has 1 aromatic heterocycles. The number of nitrogens with zero attached hydrogens (tertiary/aromatic N) is 2. The number of para-hydroxylation sites is 2. The van der Waals surface area contributed by atoms with Crippen LogP contribution in [0, 0.1) is 11.8 Å². The lowest BCUT2D eigenvalue weighted by molar-refractivity contribution is -0.275. The predicted molar refractivity (Wildman–Crippen MR) is 141 cm³/mol. The van der Waals surface area contributed by atoms with Crippen molar-refractivity contribution in [3.63, 3.8) is 0 Å². The number of alkyl halides is 3. The molecule has 1 fully saturated rings. The third-order valence-corrected chi connectivity index (χ3v) is 7.93.